The van der Waals surface area contributed by atoms with Gasteiger partial charge in [-0.1, -0.05) is 12.1 Å². The van der Waals surface area contributed by atoms with Crippen LogP contribution in [-0.2, 0) is 4.79 Å². The van der Waals surface area contributed by atoms with Crippen molar-refractivity contribution in [3.63, 3.8) is 0 Å². The highest BCUT2D eigenvalue weighted by Gasteiger charge is 2.21. The van der Waals surface area contributed by atoms with Crippen molar-refractivity contribution in [1.82, 2.24) is 14.8 Å². The first kappa shape index (κ1) is 17.0. The Morgan fingerprint density at radius 1 is 1.12 bits per heavy atom. The zero-order chi connectivity index (χ0) is 17.8. The third-order valence-electron chi connectivity index (χ3n) is 4.48. The summed E-state index contributed by atoms with van der Waals surface area (Å²) in [6, 6.07) is 8.38. The van der Waals surface area contributed by atoms with Gasteiger partial charge in [0.05, 0.1) is 0 Å². The summed E-state index contributed by atoms with van der Waals surface area (Å²) < 4.78 is 0. The van der Waals surface area contributed by atoms with Crippen LogP contribution in [0.5, 0.6) is 0 Å². The van der Waals surface area contributed by atoms with E-state index in [1.807, 2.05) is 0 Å². The molecule has 6 heteroatoms. The van der Waals surface area contributed by atoms with Gasteiger partial charge in [-0.05, 0) is 24.6 Å². The number of carbonyl (C=O) groups excluding carboxylic acids is 3. The highest BCUT2D eigenvalue weighted by atomic mass is 16.2. The van der Waals surface area contributed by atoms with E-state index < -0.39 is 0 Å². The van der Waals surface area contributed by atoms with Gasteiger partial charge in [0.15, 0.2) is 5.78 Å². The molecule has 0 unspecified atom stereocenters. The summed E-state index contributed by atoms with van der Waals surface area (Å²) in [5.41, 5.74) is 1.66. The molecule has 0 aliphatic carbocycles. The number of aromatic amines is 1. The van der Waals surface area contributed by atoms with Gasteiger partial charge in [0.25, 0.3) is 5.91 Å². The number of likely N-dealkylation sites (tertiary alicyclic amines) is 1. The van der Waals surface area contributed by atoms with Crippen LogP contribution in [0.2, 0.25) is 0 Å². The van der Waals surface area contributed by atoms with Gasteiger partial charge >= 0.3 is 0 Å². The molecule has 1 aromatic heterocycles. The number of hydrogen-bond acceptors (Lipinski definition) is 3. The number of H-pyrrole nitrogens is 1. The maximum Gasteiger partial charge on any atom is 0.253 e. The van der Waals surface area contributed by atoms with Crippen LogP contribution in [0, 0.1) is 0 Å². The second-order valence-corrected chi connectivity index (χ2v) is 6.22. The summed E-state index contributed by atoms with van der Waals surface area (Å²) in [5, 5.41) is 0. The van der Waals surface area contributed by atoms with Crippen molar-refractivity contribution in [3.05, 3.63) is 59.4 Å². The van der Waals surface area contributed by atoms with E-state index in [4.69, 9.17) is 0 Å². The average Bonchev–Trinajstić information content (AvgIpc) is 3.30. The van der Waals surface area contributed by atoms with Crippen LogP contribution < -0.4 is 0 Å². The Morgan fingerprint density at radius 2 is 1.84 bits per heavy atom. The largest absolute Gasteiger partial charge is 0.367 e. The van der Waals surface area contributed by atoms with Gasteiger partial charge in [-0.2, -0.15) is 0 Å². The van der Waals surface area contributed by atoms with Crippen LogP contribution in [-0.4, -0.2) is 59.1 Å². The molecule has 2 heterocycles. The number of likely N-dealkylation sites (N-methyl/N-ethyl adjacent to an activating group) is 1. The number of carbonyl (C=O) groups is 3. The van der Waals surface area contributed by atoms with E-state index in [1.165, 1.54) is 0 Å². The van der Waals surface area contributed by atoms with Crippen molar-refractivity contribution < 1.29 is 14.4 Å². The first-order chi connectivity index (χ1) is 12.1. The molecule has 1 aromatic carbocycles. The highest BCUT2D eigenvalue weighted by Crippen LogP contribution is 2.13. The SMILES string of the molecule is CN(CCN1CCCC1=O)C(=O)c1ccc(C(=O)c2cc[nH]c2)cc1. The van der Waals surface area contributed by atoms with E-state index in [1.54, 1.807) is 59.6 Å². The maximum atomic E-state index is 12.5. The van der Waals surface area contributed by atoms with Crippen LogP contribution in [0.15, 0.2) is 42.7 Å². The summed E-state index contributed by atoms with van der Waals surface area (Å²) in [7, 11) is 1.72. The van der Waals surface area contributed by atoms with Gasteiger partial charge in [0.1, 0.15) is 0 Å². The molecule has 1 aliphatic heterocycles. The number of ketones is 1. The van der Waals surface area contributed by atoms with Crippen LogP contribution in [0.3, 0.4) is 0 Å². The zero-order valence-corrected chi connectivity index (χ0v) is 14.2. The van der Waals surface area contributed by atoms with E-state index in [9.17, 15) is 14.4 Å². The van der Waals surface area contributed by atoms with Gasteiger partial charge in [-0.25, -0.2) is 0 Å². The summed E-state index contributed by atoms with van der Waals surface area (Å²) >= 11 is 0. The Balaban J connectivity index is 1.60. The fraction of sp³-hybridized carbons (Fsp3) is 0.316. The number of aromatic nitrogens is 1. The Kier molecular flexibility index (Phi) is 4.97. The second kappa shape index (κ2) is 7.34. The molecule has 3 rings (SSSR count). The monoisotopic (exact) mass is 339 g/mol. The number of benzene rings is 1. The van der Waals surface area contributed by atoms with Crippen molar-refractivity contribution in [3.8, 4) is 0 Å². The first-order valence-corrected chi connectivity index (χ1v) is 8.37. The fourth-order valence-electron chi connectivity index (χ4n) is 2.93. The normalized spacial score (nSPS) is 14.0. The molecule has 130 valence electrons. The Labute approximate surface area is 146 Å². The molecule has 0 saturated carbocycles. The van der Waals surface area contributed by atoms with Crippen LogP contribution >= 0.6 is 0 Å². The number of nitrogens with zero attached hydrogens (tertiary/aromatic N) is 2. The number of rotatable bonds is 6. The topological polar surface area (TPSA) is 73.5 Å². The second-order valence-electron chi connectivity index (χ2n) is 6.22. The number of hydrogen-bond donors (Lipinski definition) is 1. The van der Waals surface area contributed by atoms with Gasteiger partial charge in [0, 0.05) is 62.2 Å². The van der Waals surface area contributed by atoms with E-state index in [2.05, 4.69) is 4.98 Å². The smallest absolute Gasteiger partial charge is 0.253 e. The molecule has 2 aromatic rings. The molecule has 6 nitrogen and oxygen atoms in total. The predicted molar refractivity (Wildman–Crippen MR) is 93.4 cm³/mol. The lowest BCUT2D eigenvalue weighted by atomic mass is 10.0. The minimum absolute atomic E-state index is 0.0823. The molecule has 1 N–H and O–H groups in total. The number of nitrogens with one attached hydrogen (secondary N) is 1. The van der Waals surface area contributed by atoms with E-state index in [-0.39, 0.29) is 17.6 Å². The van der Waals surface area contributed by atoms with Crippen molar-refractivity contribution in [2.24, 2.45) is 0 Å². The summed E-state index contributed by atoms with van der Waals surface area (Å²) in [6.07, 6.45) is 4.85. The van der Waals surface area contributed by atoms with Crippen molar-refractivity contribution in [2.75, 3.05) is 26.7 Å². The molecule has 0 spiro atoms. The zero-order valence-electron chi connectivity index (χ0n) is 14.2. The van der Waals surface area contributed by atoms with E-state index in [0.29, 0.717) is 36.2 Å². The minimum atomic E-state index is -0.118. The van der Waals surface area contributed by atoms with Crippen molar-refractivity contribution in [2.45, 2.75) is 12.8 Å². The molecule has 25 heavy (non-hydrogen) atoms. The van der Waals surface area contributed by atoms with Gasteiger partial charge < -0.3 is 14.8 Å². The summed E-state index contributed by atoms with van der Waals surface area (Å²) in [4.78, 5) is 42.6. The third-order valence-corrected chi connectivity index (χ3v) is 4.48. The minimum Gasteiger partial charge on any atom is -0.367 e. The molecular formula is C19H21N3O3. The van der Waals surface area contributed by atoms with Crippen molar-refractivity contribution in [1.29, 1.82) is 0 Å². The fourth-order valence-corrected chi connectivity index (χ4v) is 2.93. The standard InChI is InChI=1S/C19H21N3O3/c1-21(11-12-22-10-2-3-17(22)23)19(25)15-6-4-14(5-7-15)18(24)16-8-9-20-13-16/h4-9,13,20H,2-3,10-12H2,1H3. The molecule has 0 atom stereocenters. The Hall–Kier alpha value is -2.89. The van der Waals surface area contributed by atoms with Crippen LogP contribution in [0.4, 0.5) is 0 Å². The molecule has 0 bridgehead atoms. The third kappa shape index (κ3) is 3.79. The van der Waals surface area contributed by atoms with Gasteiger partial charge in [-0.15, -0.1) is 0 Å². The first-order valence-electron chi connectivity index (χ1n) is 8.37. The van der Waals surface area contributed by atoms with E-state index >= 15 is 0 Å². The molecule has 2 amide bonds. The van der Waals surface area contributed by atoms with E-state index in [0.717, 1.165) is 13.0 Å². The van der Waals surface area contributed by atoms with Crippen molar-refractivity contribution >= 4 is 17.6 Å². The molecular weight excluding hydrogens is 318 g/mol. The average molecular weight is 339 g/mol. The molecule has 1 saturated heterocycles. The van der Waals surface area contributed by atoms with Crippen LogP contribution in [0.25, 0.3) is 0 Å². The predicted octanol–water partition coefficient (Wildman–Crippen LogP) is 1.94. The summed E-state index contributed by atoms with van der Waals surface area (Å²) in [6.45, 7) is 1.83. The highest BCUT2D eigenvalue weighted by molar-refractivity contribution is 6.09. The lowest BCUT2D eigenvalue weighted by molar-refractivity contribution is -0.127. The van der Waals surface area contributed by atoms with Crippen LogP contribution in [0.1, 0.15) is 39.1 Å². The van der Waals surface area contributed by atoms with Gasteiger partial charge in [0.2, 0.25) is 5.91 Å². The van der Waals surface area contributed by atoms with Gasteiger partial charge in [-0.3, -0.25) is 14.4 Å². The Bertz CT molecular complexity index is 766. The maximum absolute atomic E-state index is 12.5. The molecule has 0 radical (unpaired) electrons. The Morgan fingerprint density at radius 3 is 2.44 bits per heavy atom. The summed E-state index contributed by atoms with van der Waals surface area (Å²) in [5.74, 6) is -0.0399. The molecule has 1 aliphatic rings. The lowest BCUT2D eigenvalue weighted by Gasteiger charge is -2.22. The lowest BCUT2D eigenvalue weighted by Crippen LogP contribution is -2.36. The number of amides is 2. The quantitative estimate of drug-likeness (QED) is 0.818. The molecule has 1 fully saturated rings.